The van der Waals surface area contributed by atoms with Gasteiger partial charge in [-0.1, -0.05) is 36.4 Å². The molecule has 0 unspecified atom stereocenters. The topological polar surface area (TPSA) is 69.2 Å². The zero-order valence-corrected chi connectivity index (χ0v) is 10.8. The second-order valence-electron chi connectivity index (χ2n) is 3.86. The molecular weight excluding hydrogens is 264 g/mol. The van der Waals surface area contributed by atoms with E-state index in [1.807, 2.05) is 42.5 Å². The van der Waals surface area contributed by atoms with E-state index >= 15 is 0 Å². The molecule has 0 heterocycles. The predicted octanol–water partition coefficient (Wildman–Crippen LogP) is 3.77. The Morgan fingerprint density at radius 3 is 2.16 bits per heavy atom. The van der Waals surface area contributed by atoms with Gasteiger partial charge >= 0.3 is 0 Å². The van der Waals surface area contributed by atoms with Crippen molar-refractivity contribution in [3.8, 4) is 0 Å². The van der Waals surface area contributed by atoms with Crippen molar-refractivity contribution in [1.29, 1.82) is 0 Å². The van der Waals surface area contributed by atoms with Crippen LogP contribution in [0.5, 0.6) is 0 Å². The molecule has 2 N–H and O–H groups in total. The number of rotatable bonds is 3. The molecule has 0 aromatic heterocycles. The number of nitrogen functional groups attached to an aromatic ring is 1. The first kappa shape index (κ1) is 14.7. The van der Waals surface area contributed by atoms with E-state index in [2.05, 4.69) is 0 Å². The van der Waals surface area contributed by atoms with E-state index in [9.17, 15) is 10.1 Å². The summed E-state index contributed by atoms with van der Waals surface area (Å²) in [5.41, 5.74) is 8.19. The van der Waals surface area contributed by atoms with Crippen LogP contribution in [0.3, 0.4) is 0 Å². The van der Waals surface area contributed by atoms with Gasteiger partial charge in [0, 0.05) is 17.8 Å². The molecule has 0 aliphatic carbocycles. The molecular formula is C14H13ClN2O2. The lowest BCUT2D eigenvalue weighted by Gasteiger charge is -1.97. The first-order chi connectivity index (χ1) is 8.65. The highest BCUT2D eigenvalue weighted by molar-refractivity contribution is 5.85. The molecule has 0 bridgehead atoms. The lowest BCUT2D eigenvalue weighted by atomic mass is 10.1. The zero-order chi connectivity index (χ0) is 13.0. The van der Waals surface area contributed by atoms with Crippen molar-refractivity contribution in [3.63, 3.8) is 0 Å². The molecule has 0 aliphatic heterocycles. The third kappa shape index (κ3) is 4.12. The van der Waals surface area contributed by atoms with Gasteiger partial charge in [0.25, 0.3) is 5.69 Å². The quantitative estimate of drug-likeness (QED) is 0.401. The number of nitro benzene ring substituents is 1. The van der Waals surface area contributed by atoms with E-state index in [0.29, 0.717) is 5.69 Å². The van der Waals surface area contributed by atoms with Gasteiger partial charge in [-0.3, -0.25) is 10.1 Å². The van der Waals surface area contributed by atoms with E-state index in [-0.39, 0.29) is 18.1 Å². The molecule has 2 aromatic rings. The Balaban J connectivity index is 0.00000180. The van der Waals surface area contributed by atoms with Crippen LogP contribution in [0.4, 0.5) is 11.4 Å². The maximum atomic E-state index is 10.6. The molecule has 19 heavy (non-hydrogen) atoms. The predicted molar refractivity (Wildman–Crippen MR) is 80.1 cm³/mol. The molecule has 0 saturated heterocycles. The van der Waals surface area contributed by atoms with Gasteiger partial charge in [-0.2, -0.15) is 0 Å². The maximum Gasteiger partial charge on any atom is 0.270 e. The van der Waals surface area contributed by atoms with Crippen LogP contribution in [0.15, 0.2) is 48.5 Å². The molecule has 0 radical (unpaired) electrons. The van der Waals surface area contributed by atoms with Crippen LogP contribution in [0.2, 0.25) is 0 Å². The Kier molecular flexibility index (Phi) is 5.09. The first-order valence-electron chi connectivity index (χ1n) is 5.43. The molecule has 0 aliphatic rings. The van der Waals surface area contributed by atoms with Crippen LogP contribution >= 0.6 is 12.4 Å². The molecule has 0 atom stereocenters. The number of nitro groups is 1. The number of nitrogens with zero attached hydrogens (tertiary/aromatic N) is 1. The average Bonchev–Trinajstić information content (AvgIpc) is 2.37. The minimum atomic E-state index is -0.405. The van der Waals surface area contributed by atoms with E-state index < -0.39 is 4.92 Å². The molecule has 2 aromatic carbocycles. The Hall–Kier alpha value is -2.33. The molecule has 0 fully saturated rings. The fourth-order valence-corrected chi connectivity index (χ4v) is 1.60. The van der Waals surface area contributed by atoms with Crippen LogP contribution in [-0.4, -0.2) is 4.92 Å². The third-order valence-corrected chi connectivity index (χ3v) is 2.46. The van der Waals surface area contributed by atoms with Gasteiger partial charge in [0.2, 0.25) is 0 Å². The average molecular weight is 277 g/mol. The Bertz CT molecular complexity index is 612. The Labute approximate surface area is 117 Å². The van der Waals surface area contributed by atoms with E-state index in [0.717, 1.165) is 11.1 Å². The fourth-order valence-electron chi connectivity index (χ4n) is 1.60. The summed E-state index contributed by atoms with van der Waals surface area (Å²) in [6.45, 7) is 0. The highest BCUT2D eigenvalue weighted by atomic mass is 35.5. The SMILES string of the molecule is Cl.Nc1cccc(C=Cc2cccc([N+](=O)[O-])c2)c1. The summed E-state index contributed by atoms with van der Waals surface area (Å²) in [7, 11) is 0. The van der Waals surface area contributed by atoms with Gasteiger partial charge in [0.1, 0.15) is 0 Å². The van der Waals surface area contributed by atoms with Crippen LogP contribution in [-0.2, 0) is 0 Å². The summed E-state index contributed by atoms with van der Waals surface area (Å²) in [6.07, 6.45) is 3.69. The highest BCUT2D eigenvalue weighted by Crippen LogP contribution is 2.16. The molecule has 2 rings (SSSR count). The molecule has 0 spiro atoms. The number of halogens is 1. The summed E-state index contributed by atoms with van der Waals surface area (Å²) >= 11 is 0. The van der Waals surface area contributed by atoms with Gasteiger partial charge in [-0.05, 0) is 23.3 Å². The summed E-state index contributed by atoms with van der Waals surface area (Å²) in [4.78, 5) is 10.2. The second kappa shape index (κ2) is 6.56. The molecule has 0 amide bonds. The van der Waals surface area contributed by atoms with Gasteiger partial charge in [-0.15, -0.1) is 12.4 Å². The molecule has 0 saturated carbocycles. The minimum Gasteiger partial charge on any atom is -0.399 e. The number of anilines is 1. The number of nitrogens with two attached hydrogens (primary N) is 1. The lowest BCUT2D eigenvalue weighted by Crippen LogP contribution is -1.87. The van der Waals surface area contributed by atoms with Crippen molar-refractivity contribution in [2.24, 2.45) is 0 Å². The zero-order valence-electron chi connectivity index (χ0n) is 10.0. The van der Waals surface area contributed by atoms with E-state index in [1.165, 1.54) is 12.1 Å². The Morgan fingerprint density at radius 2 is 1.58 bits per heavy atom. The van der Waals surface area contributed by atoms with Gasteiger partial charge in [0.05, 0.1) is 4.92 Å². The summed E-state index contributed by atoms with van der Waals surface area (Å²) < 4.78 is 0. The van der Waals surface area contributed by atoms with Crippen molar-refractivity contribution in [1.82, 2.24) is 0 Å². The van der Waals surface area contributed by atoms with Crippen molar-refractivity contribution in [2.45, 2.75) is 0 Å². The van der Waals surface area contributed by atoms with Crippen LogP contribution in [0.25, 0.3) is 12.2 Å². The highest BCUT2D eigenvalue weighted by Gasteiger charge is 2.03. The minimum absolute atomic E-state index is 0. The van der Waals surface area contributed by atoms with Gasteiger partial charge in [-0.25, -0.2) is 0 Å². The van der Waals surface area contributed by atoms with Crippen molar-refractivity contribution in [3.05, 3.63) is 69.8 Å². The maximum absolute atomic E-state index is 10.6. The lowest BCUT2D eigenvalue weighted by molar-refractivity contribution is -0.384. The summed E-state index contributed by atoms with van der Waals surface area (Å²) in [5, 5.41) is 10.6. The van der Waals surface area contributed by atoms with E-state index in [1.54, 1.807) is 6.07 Å². The van der Waals surface area contributed by atoms with Gasteiger partial charge < -0.3 is 5.73 Å². The normalized spacial score (nSPS) is 10.1. The molecule has 4 nitrogen and oxygen atoms in total. The Morgan fingerprint density at radius 1 is 1.00 bits per heavy atom. The van der Waals surface area contributed by atoms with Crippen molar-refractivity contribution < 1.29 is 4.92 Å². The van der Waals surface area contributed by atoms with Crippen molar-refractivity contribution >= 4 is 35.9 Å². The van der Waals surface area contributed by atoms with Crippen LogP contribution in [0, 0.1) is 10.1 Å². The first-order valence-corrected chi connectivity index (χ1v) is 5.43. The fraction of sp³-hybridized carbons (Fsp3) is 0. The number of non-ortho nitro benzene ring substituents is 1. The summed E-state index contributed by atoms with van der Waals surface area (Å²) in [5.74, 6) is 0. The second-order valence-corrected chi connectivity index (χ2v) is 3.86. The number of benzene rings is 2. The molecule has 98 valence electrons. The number of hydrogen-bond acceptors (Lipinski definition) is 3. The monoisotopic (exact) mass is 276 g/mol. The standard InChI is InChI=1S/C14H12N2O2.ClH/c15-13-5-1-3-11(9-13)7-8-12-4-2-6-14(10-12)16(17)18;/h1-10H,15H2;1H. The summed E-state index contributed by atoms with van der Waals surface area (Å²) in [6, 6.07) is 13.9. The van der Waals surface area contributed by atoms with Crippen LogP contribution < -0.4 is 5.73 Å². The third-order valence-electron chi connectivity index (χ3n) is 2.46. The van der Waals surface area contributed by atoms with E-state index in [4.69, 9.17) is 5.73 Å². The van der Waals surface area contributed by atoms with Crippen LogP contribution in [0.1, 0.15) is 11.1 Å². The smallest absolute Gasteiger partial charge is 0.270 e. The van der Waals surface area contributed by atoms with Crippen molar-refractivity contribution in [2.75, 3.05) is 5.73 Å². The number of hydrogen-bond donors (Lipinski definition) is 1. The van der Waals surface area contributed by atoms with Gasteiger partial charge in [0.15, 0.2) is 0 Å². The largest absolute Gasteiger partial charge is 0.399 e. The molecule has 5 heteroatoms.